The lowest BCUT2D eigenvalue weighted by molar-refractivity contribution is -0.123. The minimum atomic E-state index is -0.687. The standard InChI is InChI=1S/C21H23NO5/c1-2-3-7-14-26-18-12-10-17(11-13-18)21(25)27-15-19(23)22-20(24)16-8-5-4-6-9-16/h4-6,8-13H,2-3,7,14-15H2,1H3,(H,22,23,24). The van der Waals surface area contributed by atoms with Gasteiger partial charge in [-0.15, -0.1) is 0 Å². The van der Waals surface area contributed by atoms with Gasteiger partial charge in [-0.3, -0.25) is 14.9 Å². The third-order valence-corrected chi connectivity index (χ3v) is 3.73. The minimum Gasteiger partial charge on any atom is -0.494 e. The van der Waals surface area contributed by atoms with Crippen LogP contribution in [0.15, 0.2) is 54.6 Å². The van der Waals surface area contributed by atoms with Crippen LogP contribution in [0.2, 0.25) is 0 Å². The van der Waals surface area contributed by atoms with Crippen LogP contribution in [-0.4, -0.2) is 31.0 Å². The molecule has 0 aromatic heterocycles. The van der Waals surface area contributed by atoms with E-state index in [1.54, 1.807) is 54.6 Å². The Balaban J connectivity index is 1.76. The van der Waals surface area contributed by atoms with E-state index in [2.05, 4.69) is 12.2 Å². The number of hydrogen-bond donors (Lipinski definition) is 1. The van der Waals surface area contributed by atoms with Crippen LogP contribution in [0.25, 0.3) is 0 Å². The van der Waals surface area contributed by atoms with Crippen molar-refractivity contribution in [2.24, 2.45) is 0 Å². The normalized spacial score (nSPS) is 10.1. The van der Waals surface area contributed by atoms with Gasteiger partial charge in [-0.05, 0) is 42.8 Å². The highest BCUT2D eigenvalue weighted by molar-refractivity contribution is 6.05. The molecule has 0 aliphatic rings. The molecule has 0 fully saturated rings. The molecule has 0 aliphatic heterocycles. The molecule has 6 nitrogen and oxygen atoms in total. The average Bonchev–Trinajstić information content (AvgIpc) is 2.70. The van der Waals surface area contributed by atoms with Crippen LogP contribution >= 0.6 is 0 Å². The molecule has 0 saturated carbocycles. The van der Waals surface area contributed by atoms with Crippen molar-refractivity contribution in [3.8, 4) is 5.75 Å². The number of imide groups is 1. The minimum absolute atomic E-state index is 0.304. The summed E-state index contributed by atoms with van der Waals surface area (Å²) < 4.78 is 10.5. The molecule has 0 atom stereocenters. The molecular weight excluding hydrogens is 346 g/mol. The van der Waals surface area contributed by atoms with Crippen LogP contribution in [-0.2, 0) is 9.53 Å². The number of ether oxygens (including phenoxy) is 2. The molecule has 2 aromatic rings. The van der Waals surface area contributed by atoms with Crippen LogP contribution in [0.1, 0.15) is 46.9 Å². The first-order chi connectivity index (χ1) is 13.1. The van der Waals surface area contributed by atoms with Gasteiger partial charge in [-0.2, -0.15) is 0 Å². The monoisotopic (exact) mass is 369 g/mol. The molecule has 0 heterocycles. The van der Waals surface area contributed by atoms with Gasteiger partial charge in [0, 0.05) is 5.56 Å². The van der Waals surface area contributed by atoms with Gasteiger partial charge < -0.3 is 9.47 Å². The highest BCUT2D eigenvalue weighted by atomic mass is 16.5. The summed E-state index contributed by atoms with van der Waals surface area (Å²) in [5.41, 5.74) is 0.657. The number of esters is 1. The van der Waals surface area contributed by atoms with Crippen LogP contribution in [0.5, 0.6) is 5.75 Å². The summed E-state index contributed by atoms with van der Waals surface area (Å²) in [6, 6.07) is 14.8. The topological polar surface area (TPSA) is 81.7 Å². The summed E-state index contributed by atoms with van der Waals surface area (Å²) in [5.74, 6) is -1.20. The number of unbranched alkanes of at least 4 members (excludes halogenated alkanes) is 2. The molecule has 2 amide bonds. The first kappa shape index (κ1) is 20.2. The van der Waals surface area contributed by atoms with E-state index in [4.69, 9.17) is 9.47 Å². The van der Waals surface area contributed by atoms with Crippen molar-refractivity contribution in [2.75, 3.05) is 13.2 Å². The van der Waals surface area contributed by atoms with Gasteiger partial charge >= 0.3 is 5.97 Å². The summed E-state index contributed by atoms with van der Waals surface area (Å²) in [6.45, 7) is 2.22. The van der Waals surface area contributed by atoms with Crippen LogP contribution in [0.4, 0.5) is 0 Å². The van der Waals surface area contributed by atoms with Crippen molar-refractivity contribution in [1.29, 1.82) is 0 Å². The van der Waals surface area contributed by atoms with E-state index in [1.807, 2.05) is 0 Å². The first-order valence-corrected chi connectivity index (χ1v) is 8.89. The maximum absolute atomic E-state index is 12.0. The fourth-order valence-corrected chi connectivity index (χ4v) is 2.27. The number of rotatable bonds is 9. The molecule has 142 valence electrons. The zero-order chi connectivity index (χ0) is 19.5. The Bertz CT molecular complexity index is 756. The maximum atomic E-state index is 12.0. The van der Waals surface area contributed by atoms with Crippen LogP contribution < -0.4 is 10.1 Å². The van der Waals surface area contributed by atoms with Gasteiger partial charge in [0.1, 0.15) is 5.75 Å². The molecule has 0 spiro atoms. The number of carbonyl (C=O) groups excluding carboxylic acids is 3. The lowest BCUT2D eigenvalue weighted by Crippen LogP contribution is -2.34. The van der Waals surface area contributed by atoms with Crippen molar-refractivity contribution in [2.45, 2.75) is 26.2 Å². The Morgan fingerprint density at radius 3 is 2.26 bits per heavy atom. The summed E-state index contributed by atoms with van der Waals surface area (Å²) in [5, 5.41) is 2.17. The summed E-state index contributed by atoms with van der Waals surface area (Å²) in [6.07, 6.45) is 3.22. The SMILES string of the molecule is CCCCCOc1ccc(C(=O)OCC(=O)NC(=O)c2ccccc2)cc1. The smallest absolute Gasteiger partial charge is 0.338 e. The fraction of sp³-hybridized carbons (Fsp3) is 0.286. The Hall–Kier alpha value is -3.15. The third-order valence-electron chi connectivity index (χ3n) is 3.73. The Kier molecular flexibility index (Phi) is 8.03. The summed E-state index contributed by atoms with van der Waals surface area (Å²) in [7, 11) is 0. The molecule has 1 N–H and O–H groups in total. The second-order valence-corrected chi connectivity index (χ2v) is 5.90. The molecule has 2 rings (SSSR count). The lowest BCUT2D eigenvalue weighted by Gasteiger charge is -2.08. The largest absolute Gasteiger partial charge is 0.494 e. The molecule has 0 bridgehead atoms. The number of carbonyl (C=O) groups is 3. The number of hydrogen-bond acceptors (Lipinski definition) is 5. The van der Waals surface area contributed by atoms with Gasteiger partial charge in [-0.1, -0.05) is 38.0 Å². The quantitative estimate of drug-likeness (QED) is 0.541. The predicted molar refractivity (Wildman–Crippen MR) is 101 cm³/mol. The highest BCUT2D eigenvalue weighted by Gasteiger charge is 2.13. The second kappa shape index (κ2) is 10.8. The van der Waals surface area contributed by atoms with E-state index < -0.39 is 24.4 Å². The van der Waals surface area contributed by atoms with Crippen LogP contribution in [0, 0.1) is 0 Å². The molecule has 27 heavy (non-hydrogen) atoms. The van der Waals surface area contributed by atoms with Gasteiger partial charge in [-0.25, -0.2) is 4.79 Å². The van der Waals surface area contributed by atoms with Crippen molar-refractivity contribution in [3.05, 3.63) is 65.7 Å². The Morgan fingerprint density at radius 2 is 1.59 bits per heavy atom. The van der Waals surface area contributed by atoms with Crippen molar-refractivity contribution >= 4 is 17.8 Å². The zero-order valence-electron chi connectivity index (χ0n) is 15.3. The fourth-order valence-electron chi connectivity index (χ4n) is 2.27. The Labute approximate surface area is 158 Å². The number of nitrogens with one attached hydrogen (secondary N) is 1. The van der Waals surface area contributed by atoms with E-state index in [0.717, 1.165) is 19.3 Å². The van der Waals surface area contributed by atoms with Crippen molar-refractivity contribution in [1.82, 2.24) is 5.32 Å². The molecule has 0 radical (unpaired) electrons. The maximum Gasteiger partial charge on any atom is 0.338 e. The first-order valence-electron chi connectivity index (χ1n) is 8.89. The summed E-state index contributed by atoms with van der Waals surface area (Å²) in [4.78, 5) is 35.6. The van der Waals surface area contributed by atoms with Gasteiger partial charge in [0.2, 0.25) is 0 Å². The molecular formula is C21H23NO5. The van der Waals surface area contributed by atoms with E-state index in [1.165, 1.54) is 0 Å². The molecule has 6 heteroatoms. The Morgan fingerprint density at radius 1 is 0.889 bits per heavy atom. The number of benzene rings is 2. The van der Waals surface area contributed by atoms with E-state index in [9.17, 15) is 14.4 Å². The van der Waals surface area contributed by atoms with Gasteiger partial charge in [0.15, 0.2) is 6.61 Å². The van der Waals surface area contributed by atoms with E-state index in [-0.39, 0.29) is 0 Å². The molecule has 0 aliphatic carbocycles. The van der Waals surface area contributed by atoms with Crippen molar-refractivity contribution < 1.29 is 23.9 Å². The van der Waals surface area contributed by atoms with Gasteiger partial charge in [0.25, 0.3) is 11.8 Å². The molecule has 2 aromatic carbocycles. The lowest BCUT2D eigenvalue weighted by atomic mass is 10.2. The zero-order valence-corrected chi connectivity index (χ0v) is 15.3. The average molecular weight is 369 g/mol. The van der Waals surface area contributed by atoms with Crippen molar-refractivity contribution in [3.63, 3.8) is 0 Å². The highest BCUT2D eigenvalue weighted by Crippen LogP contribution is 2.13. The van der Waals surface area contributed by atoms with E-state index in [0.29, 0.717) is 23.5 Å². The summed E-state index contributed by atoms with van der Waals surface area (Å²) >= 11 is 0. The second-order valence-electron chi connectivity index (χ2n) is 5.90. The van der Waals surface area contributed by atoms with Crippen LogP contribution in [0.3, 0.4) is 0 Å². The van der Waals surface area contributed by atoms with Gasteiger partial charge in [0.05, 0.1) is 12.2 Å². The third kappa shape index (κ3) is 6.93. The number of amides is 2. The molecule has 0 saturated heterocycles. The predicted octanol–water partition coefficient (Wildman–Crippen LogP) is 3.37. The van der Waals surface area contributed by atoms with E-state index >= 15 is 0 Å². The molecule has 0 unspecified atom stereocenters.